The van der Waals surface area contributed by atoms with Crippen LogP contribution in [0.3, 0.4) is 0 Å². The number of H-pyrrole nitrogens is 4. The number of hydrogen-bond acceptors (Lipinski definition) is 11. The number of fused-ring (bicyclic) bond motifs is 4. The third-order valence-corrected chi connectivity index (χ3v) is 15.9. The average molecular weight is 1410 g/mol. The molecular weight excluding hydrogens is 1350 g/mol. The molecular formula is C69H61Br3Cl2N14O. The third kappa shape index (κ3) is 18.9. The van der Waals surface area contributed by atoms with Gasteiger partial charge >= 0.3 is 0 Å². The normalized spacial score (nSPS) is 11.7. The van der Waals surface area contributed by atoms with E-state index < -0.39 is 0 Å². The van der Waals surface area contributed by atoms with E-state index in [2.05, 4.69) is 163 Å². The molecule has 0 aliphatic heterocycles. The molecule has 0 amide bonds. The number of aromatic nitrogens is 12. The lowest BCUT2D eigenvalue weighted by Crippen LogP contribution is -2.07. The monoisotopic (exact) mass is 1410 g/mol. The molecule has 0 spiro atoms. The highest BCUT2D eigenvalue weighted by molar-refractivity contribution is 9.11. The van der Waals surface area contributed by atoms with Crippen molar-refractivity contribution in [2.24, 2.45) is 5.73 Å². The number of rotatable bonds is 11. The SMILES string of the molecule is Brc1ccc(Cc2c[nH]c3ncccc23)cn1.CC(c1ccc(Br)nc1)c1c[nH]c2ncccc12.C[C@H](N)c1ccc(Cl)cc1.C[C@H](Nc1ccc(Cc2c[nH]c3ncccc23)cn1)c1ccc(Cl)cc1.O=Cc1ccc(Br)nc1.c1cnc2[nH]ccc2c1. The van der Waals surface area contributed by atoms with Crippen LogP contribution in [0.2, 0.25) is 10.0 Å². The maximum Gasteiger partial charge on any atom is 0.151 e. The third-order valence-electron chi connectivity index (χ3n) is 14.0. The van der Waals surface area contributed by atoms with Crippen LogP contribution in [-0.4, -0.2) is 66.1 Å². The fourth-order valence-corrected chi connectivity index (χ4v) is 10.2. The van der Waals surface area contributed by atoms with Crippen LogP contribution in [0.5, 0.6) is 0 Å². The maximum absolute atomic E-state index is 10.1. The van der Waals surface area contributed by atoms with Gasteiger partial charge in [-0.3, -0.25) is 4.79 Å². The van der Waals surface area contributed by atoms with Gasteiger partial charge in [0.15, 0.2) is 6.29 Å². The lowest BCUT2D eigenvalue weighted by atomic mass is 9.95. The molecule has 12 aromatic heterocycles. The van der Waals surface area contributed by atoms with Crippen LogP contribution >= 0.6 is 71.0 Å². The van der Waals surface area contributed by atoms with Gasteiger partial charge in [-0.05, 0) is 215 Å². The summed E-state index contributed by atoms with van der Waals surface area (Å²) in [4.78, 5) is 56.6. The first kappa shape index (κ1) is 64.7. The Labute approximate surface area is 550 Å². The summed E-state index contributed by atoms with van der Waals surface area (Å²) in [6.45, 7) is 6.24. The Hall–Kier alpha value is -8.75. The highest BCUT2D eigenvalue weighted by Crippen LogP contribution is 2.30. The minimum absolute atomic E-state index is 0.0947. The van der Waals surface area contributed by atoms with Gasteiger partial charge in [0.1, 0.15) is 42.2 Å². The Bertz CT molecular complexity index is 4420. The van der Waals surface area contributed by atoms with Gasteiger partial charge in [-0.25, -0.2) is 39.9 Å². The molecule has 0 bridgehead atoms. The van der Waals surface area contributed by atoms with Crippen molar-refractivity contribution < 1.29 is 4.79 Å². The lowest BCUT2D eigenvalue weighted by molar-refractivity contribution is 0.112. The number of nitrogens with zero attached hydrogens (tertiary/aromatic N) is 8. The van der Waals surface area contributed by atoms with E-state index in [0.29, 0.717) is 11.5 Å². The van der Waals surface area contributed by atoms with E-state index >= 15 is 0 Å². The van der Waals surface area contributed by atoms with Crippen molar-refractivity contribution in [1.82, 2.24) is 59.8 Å². The molecule has 0 aliphatic carbocycles. The van der Waals surface area contributed by atoms with Crippen LogP contribution in [0.25, 0.3) is 44.1 Å². The highest BCUT2D eigenvalue weighted by Gasteiger charge is 2.14. The van der Waals surface area contributed by atoms with Crippen LogP contribution in [0, 0.1) is 0 Å². The average Bonchev–Trinajstić information content (AvgIpc) is 2.77. The number of aromatic amines is 4. The van der Waals surface area contributed by atoms with E-state index in [1.54, 1.807) is 36.9 Å². The first-order chi connectivity index (χ1) is 43.3. The molecule has 12 heterocycles. The van der Waals surface area contributed by atoms with E-state index in [-0.39, 0.29) is 12.1 Å². The molecule has 0 saturated heterocycles. The number of halogens is 5. The van der Waals surface area contributed by atoms with Crippen molar-refractivity contribution in [1.29, 1.82) is 0 Å². The molecule has 7 N–H and O–H groups in total. The number of hydrogen-bond donors (Lipinski definition) is 6. The fourth-order valence-electron chi connectivity index (χ4n) is 9.20. The van der Waals surface area contributed by atoms with Crippen molar-refractivity contribution >= 4 is 127 Å². The summed E-state index contributed by atoms with van der Waals surface area (Å²) in [5.41, 5.74) is 19.5. The van der Waals surface area contributed by atoms with Gasteiger partial charge in [0, 0.05) is 142 Å². The van der Waals surface area contributed by atoms with Gasteiger partial charge in [-0.15, -0.1) is 0 Å². The molecule has 448 valence electrons. The zero-order chi connectivity index (χ0) is 62.5. The van der Waals surface area contributed by atoms with Gasteiger partial charge in [0.05, 0.1) is 0 Å². The summed E-state index contributed by atoms with van der Waals surface area (Å²) in [6.07, 6.45) is 24.8. The number of carbonyl (C=O) groups is 1. The molecule has 2 aromatic carbocycles. The second kappa shape index (κ2) is 32.5. The first-order valence-electron chi connectivity index (χ1n) is 28.2. The van der Waals surface area contributed by atoms with Crippen molar-refractivity contribution in [3.05, 3.63) is 300 Å². The standard InChI is InChI=1S/C21H19ClN4.C14H12BrN3.C13H10BrN3.C8H10ClN.C7H6N2.C6H4BrNO/c1-14(16-5-7-18(22)8-6-16)26-20-9-4-15(12-24-20)11-17-13-25-21-19(17)3-2-10-23-21;1-9(10-4-5-13(15)17-7-10)12-8-18-14-11(12)3-2-6-16-14;14-12-4-3-9(7-16-12)6-10-8-17-13-11(10)2-1-5-15-13;1-6(10)7-2-4-8(9)5-3-7;1-2-6-3-5-9-7(6)8-4-1;7-6-2-1-5(4-9)3-8-6/h2-10,12-14H,11H2,1H3,(H,23,25)(H,24,26);2-9H,1H3,(H,16,18);1-5,7-8H,6H2,(H,15,17);2-6H,10H2,1H3;1-5H,(H,8,9);1-4H/t14-;;;6-;;/m0..0../s1. The number of carbonyl (C=O) groups excluding carboxylic acids is 1. The number of pyridine rings is 8. The predicted molar refractivity (Wildman–Crippen MR) is 370 cm³/mol. The van der Waals surface area contributed by atoms with Crippen molar-refractivity contribution in [3.8, 4) is 0 Å². The van der Waals surface area contributed by atoms with Crippen LogP contribution in [0.15, 0.2) is 240 Å². The summed E-state index contributed by atoms with van der Waals surface area (Å²) in [7, 11) is 0. The largest absolute Gasteiger partial charge is 0.364 e. The Morgan fingerprint density at radius 3 is 1.47 bits per heavy atom. The van der Waals surface area contributed by atoms with Gasteiger partial charge in [-0.2, -0.15) is 0 Å². The molecule has 14 aromatic rings. The van der Waals surface area contributed by atoms with Gasteiger partial charge < -0.3 is 31.0 Å². The zero-order valence-corrected chi connectivity index (χ0v) is 54.8. The molecule has 0 radical (unpaired) electrons. The van der Waals surface area contributed by atoms with Gasteiger partial charge in [-0.1, -0.05) is 72.6 Å². The maximum atomic E-state index is 10.1. The van der Waals surface area contributed by atoms with Gasteiger partial charge in [0.25, 0.3) is 0 Å². The van der Waals surface area contributed by atoms with Crippen molar-refractivity contribution in [2.45, 2.75) is 51.6 Å². The number of nitrogens with one attached hydrogen (secondary N) is 5. The van der Waals surface area contributed by atoms with Gasteiger partial charge in [0.2, 0.25) is 0 Å². The van der Waals surface area contributed by atoms with Crippen molar-refractivity contribution in [3.63, 3.8) is 0 Å². The number of aldehydes is 1. The Kier molecular flexibility index (Phi) is 23.6. The Morgan fingerprint density at radius 1 is 0.483 bits per heavy atom. The summed E-state index contributed by atoms with van der Waals surface area (Å²) in [5.74, 6) is 1.15. The van der Waals surface area contributed by atoms with Crippen LogP contribution in [0.4, 0.5) is 5.82 Å². The second-order valence-corrected chi connectivity index (χ2v) is 23.6. The summed E-state index contributed by atoms with van der Waals surface area (Å²) in [5, 5.41) is 9.60. The molecule has 89 heavy (non-hydrogen) atoms. The molecule has 3 atom stereocenters. The molecule has 15 nitrogen and oxygen atoms in total. The molecule has 1 unspecified atom stereocenters. The molecule has 20 heteroatoms. The van der Waals surface area contributed by atoms with Crippen LogP contribution < -0.4 is 11.1 Å². The minimum atomic E-state index is 0.0947. The summed E-state index contributed by atoms with van der Waals surface area (Å²) < 4.78 is 2.47. The van der Waals surface area contributed by atoms with Crippen LogP contribution in [0.1, 0.15) is 93.6 Å². The smallest absolute Gasteiger partial charge is 0.151 e. The van der Waals surface area contributed by atoms with E-state index in [4.69, 9.17) is 28.9 Å². The summed E-state index contributed by atoms with van der Waals surface area (Å²) in [6, 6.07) is 49.5. The summed E-state index contributed by atoms with van der Waals surface area (Å²) >= 11 is 21.5. The lowest BCUT2D eigenvalue weighted by Gasteiger charge is -2.15. The topological polar surface area (TPSA) is 221 Å². The quantitative estimate of drug-likeness (QED) is 0.0528. The minimum Gasteiger partial charge on any atom is -0.364 e. The number of nitrogens with two attached hydrogens (primary N) is 1. The Balaban J connectivity index is 0.000000133. The van der Waals surface area contributed by atoms with E-state index in [1.807, 2.05) is 153 Å². The predicted octanol–water partition coefficient (Wildman–Crippen LogP) is 18.1. The fraction of sp³-hybridized carbons (Fsp3) is 0.116. The van der Waals surface area contributed by atoms with E-state index in [1.165, 1.54) is 55.9 Å². The van der Waals surface area contributed by atoms with Crippen molar-refractivity contribution in [2.75, 3.05) is 5.32 Å². The first-order valence-corrected chi connectivity index (χ1v) is 31.3. The van der Waals surface area contributed by atoms with E-state index in [0.717, 1.165) is 87.7 Å². The number of anilines is 1. The molecule has 0 saturated carbocycles. The second-order valence-electron chi connectivity index (χ2n) is 20.3. The molecule has 0 fully saturated rings. The zero-order valence-electron chi connectivity index (χ0n) is 48.5. The number of benzene rings is 2. The molecule has 0 aliphatic rings. The Morgan fingerprint density at radius 2 is 0.966 bits per heavy atom. The highest BCUT2D eigenvalue weighted by atomic mass is 79.9. The molecule has 14 rings (SSSR count). The van der Waals surface area contributed by atoms with E-state index in [9.17, 15) is 4.79 Å². The van der Waals surface area contributed by atoms with Crippen LogP contribution in [-0.2, 0) is 12.8 Å².